The summed E-state index contributed by atoms with van der Waals surface area (Å²) in [4.78, 5) is 13.7. The van der Waals surface area contributed by atoms with Crippen LogP contribution in [0.4, 0.5) is 10.5 Å². The van der Waals surface area contributed by atoms with Crippen LogP contribution in [0.15, 0.2) is 82.8 Å². The van der Waals surface area contributed by atoms with Crippen molar-refractivity contribution in [1.82, 2.24) is 20.1 Å². The van der Waals surface area contributed by atoms with Gasteiger partial charge in [-0.2, -0.15) is 0 Å². The summed E-state index contributed by atoms with van der Waals surface area (Å²) in [5.41, 5.74) is 3.83. The first kappa shape index (κ1) is 24.2. The quantitative estimate of drug-likeness (QED) is 0.263. The lowest BCUT2D eigenvalue weighted by atomic mass is 10.2. The number of aryl methyl sites for hydroxylation is 1. The lowest BCUT2D eigenvalue weighted by Crippen LogP contribution is -2.29. The molecule has 0 radical (unpaired) electrons. The van der Waals surface area contributed by atoms with E-state index < -0.39 is 0 Å². The van der Waals surface area contributed by atoms with E-state index in [1.54, 1.807) is 23.5 Å². The molecule has 0 spiro atoms. The van der Waals surface area contributed by atoms with Crippen LogP contribution < -0.4 is 10.6 Å². The second-order valence-corrected chi connectivity index (χ2v) is 9.73. The molecule has 2 amide bonds. The highest BCUT2D eigenvalue weighted by Crippen LogP contribution is 2.28. The van der Waals surface area contributed by atoms with Gasteiger partial charge in [-0.15, -0.1) is 22.0 Å². The molecule has 3 aromatic carbocycles. The minimum Gasteiger partial charge on any atom is -0.331 e. The second-order valence-electron chi connectivity index (χ2n) is 7.48. The van der Waals surface area contributed by atoms with Gasteiger partial charge >= 0.3 is 6.03 Å². The number of nitrogens with zero attached hydrogens (tertiary/aromatic N) is 3. The molecule has 6 nitrogen and oxygen atoms in total. The number of thioether (sulfide) groups is 2. The van der Waals surface area contributed by atoms with Crippen LogP contribution in [0.25, 0.3) is 5.69 Å². The first-order valence-corrected chi connectivity index (χ1v) is 13.2. The molecule has 2 N–H and O–H groups in total. The van der Waals surface area contributed by atoms with E-state index in [1.807, 2.05) is 78.4 Å². The molecule has 34 heavy (non-hydrogen) atoms. The van der Waals surface area contributed by atoms with Crippen molar-refractivity contribution in [2.75, 3.05) is 11.6 Å². The van der Waals surface area contributed by atoms with E-state index in [2.05, 4.69) is 33.0 Å². The molecule has 0 saturated carbocycles. The van der Waals surface area contributed by atoms with Gasteiger partial charge in [0.05, 0.1) is 12.2 Å². The highest BCUT2D eigenvalue weighted by Gasteiger charge is 2.17. The molecule has 0 unspecified atom stereocenters. The van der Waals surface area contributed by atoms with Crippen molar-refractivity contribution in [3.63, 3.8) is 0 Å². The normalized spacial score (nSPS) is 10.8. The molecule has 0 aliphatic heterocycles. The monoisotopic (exact) mass is 509 g/mol. The zero-order chi connectivity index (χ0) is 23.9. The van der Waals surface area contributed by atoms with Crippen LogP contribution in [0.2, 0.25) is 5.02 Å². The van der Waals surface area contributed by atoms with E-state index in [4.69, 9.17) is 11.6 Å². The molecule has 0 saturated heterocycles. The number of anilines is 1. The summed E-state index contributed by atoms with van der Waals surface area (Å²) in [7, 11) is 0. The first-order valence-electron chi connectivity index (χ1n) is 10.6. The fourth-order valence-electron chi connectivity index (χ4n) is 3.30. The minimum absolute atomic E-state index is 0.208. The second kappa shape index (κ2) is 11.5. The van der Waals surface area contributed by atoms with Gasteiger partial charge in [-0.3, -0.25) is 4.57 Å². The fraction of sp³-hybridized carbons (Fsp3) is 0.160. The number of carbonyl (C=O) groups is 1. The third-order valence-electron chi connectivity index (χ3n) is 5.08. The molecule has 0 bridgehead atoms. The summed E-state index contributed by atoms with van der Waals surface area (Å²) in [6.45, 7) is 2.22. The van der Waals surface area contributed by atoms with Crippen molar-refractivity contribution in [3.8, 4) is 5.69 Å². The molecule has 0 fully saturated rings. The summed E-state index contributed by atoms with van der Waals surface area (Å²) in [5, 5.41) is 15.9. The van der Waals surface area contributed by atoms with Gasteiger partial charge in [-0.25, -0.2) is 4.79 Å². The maximum Gasteiger partial charge on any atom is 0.319 e. The Labute approximate surface area is 212 Å². The summed E-state index contributed by atoms with van der Waals surface area (Å²) in [6, 6.07) is 23.3. The number of urea groups is 1. The van der Waals surface area contributed by atoms with Crippen molar-refractivity contribution in [2.24, 2.45) is 0 Å². The maximum atomic E-state index is 12.5. The molecule has 0 atom stereocenters. The summed E-state index contributed by atoms with van der Waals surface area (Å²) in [6.07, 6.45) is 2.01. The SMILES string of the molecule is CSc1ccc(NC(=O)NCc2nnc(SCc3ccccc3)n2-c2cc(Cl)ccc2C)cc1. The molecule has 0 aliphatic carbocycles. The lowest BCUT2D eigenvalue weighted by Gasteiger charge is -2.14. The van der Waals surface area contributed by atoms with Crippen LogP contribution in [0.3, 0.4) is 0 Å². The van der Waals surface area contributed by atoms with Crippen LogP contribution >= 0.6 is 35.1 Å². The number of carbonyl (C=O) groups excluding carboxylic acids is 1. The van der Waals surface area contributed by atoms with Gasteiger partial charge in [0.15, 0.2) is 11.0 Å². The molecule has 1 heterocycles. The van der Waals surface area contributed by atoms with Crippen LogP contribution in [-0.4, -0.2) is 27.1 Å². The first-order chi connectivity index (χ1) is 16.5. The molecular formula is C25H24ClN5OS2. The zero-order valence-corrected chi connectivity index (χ0v) is 21.2. The van der Waals surface area contributed by atoms with E-state index >= 15 is 0 Å². The molecular weight excluding hydrogens is 486 g/mol. The number of nitrogens with one attached hydrogen (secondary N) is 2. The average molecular weight is 510 g/mol. The third kappa shape index (κ3) is 6.14. The van der Waals surface area contributed by atoms with Crippen molar-refractivity contribution in [3.05, 3.63) is 94.8 Å². The predicted octanol–water partition coefficient (Wildman–Crippen LogP) is 6.57. The molecule has 4 rings (SSSR count). The topological polar surface area (TPSA) is 71.8 Å². The van der Waals surface area contributed by atoms with Gasteiger partial charge in [0.2, 0.25) is 0 Å². The highest BCUT2D eigenvalue weighted by atomic mass is 35.5. The van der Waals surface area contributed by atoms with E-state index in [-0.39, 0.29) is 12.6 Å². The number of rotatable bonds is 8. The highest BCUT2D eigenvalue weighted by molar-refractivity contribution is 7.98. The molecule has 1 aromatic heterocycles. The van der Waals surface area contributed by atoms with Crippen LogP contribution in [0, 0.1) is 6.92 Å². The van der Waals surface area contributed by atoms with Crippen LogP contribution in [0.1, 0.15) is 17.0 Å². The largest absolute Gasteiger partial charge is 0.331 e. The third-order valence-corrected chi connectivity index (χ3v) is 7.06. The minimum atomic E-state index is -0.312. The Morgan fingerprint density at radius 3 is 2.53 bits per heavy atom. The van der Waals surface area contributed by atoms with E-state index in [0.717, 1.165) is 32.7 Å². The Morgan fingerprint density at radius 1 is 1.03 bits per heavy atom. The van der Waals surface area contributed by atoms with E-state index in [1.165, 1.54) is 5.56 Å². The Morgan fingerprint density at radius 2 is 1.79 bits per heavy atom. The van der Waals surface area contributed by atoms with Gasteiger partial charge in [-0.05, 0) is 60.7 Å². The van der Waals surface area contributed by atoms with E-state index in [9.17, 15) is 4.79 Å². The standard InChI is InChI=1S/C25H24ClN5OS2/c1-17-8-9-19(26)14-22(17)31-23(29-30-25(31)34-16-18-6-4-3-5-7-18)15-27-24(32)28-20-10-12-21(33-2)13-11-20/h3-14H,15-16H2,1-2H3,(H2,27,28,32). The molecule has 0 aliphatic rings. The number of benzene rings is 3. The Balaban J connectivity index is 1.53. The van der Waals surface area contributed by atoms with Gasteiger partial charge in [0.1, 0.15) is 0 Å². The molecule has 9 heteroatoms. The zero-order valence-electron chi connectivity index (χ0n) is 18.8. The predicted molar refractivity (Wildman–Crippen MR) is 141 cm³/mol. The Kier molecular flexibility index (Phi) is 8.16. The van der Waals surface area contributed by atoms with Gasteiger partial charge in [0.25, 0.3) is 0 Å². The van der Waals surface area contributed by atoms with Gasteiger partial charge in [-0.1, -0.05) is 59.8 Å². The number of hydrogen-bond donors (Lipinski definition) is 2. The number of halogens is 1. The smallest absolute Gasteiger partial charge is 0.319 e. The van der Waals surface area contributed by atoms with Crippen molar-refractivity contribution in [2.45, 2.75) is 29.3 Å². The summed E-state index contributed by atoms with van der Waals surface area (Å²) < 4.78 is 1.96. The average Bonchev–Trinajstić information content (AvgIpc) is 3.26. The summed E-state index contributed by atoms with van der Waals surface area (Å²) >= 11 is 9.55. The van der Waals surface area contributed by atoms with Crippen molar-refractivity contribution < 1.29 is 4.79 Å². The van der Waals surface area contributed by atoms with Crippen molar-refractivity contribution >= 4 is 46.8 Å². The number of aromatic nitrogens is 3. The maximum absolute atomic E-state index is 12.5. The van der Waals surface area contributed by atoms with Gasteiger partial charge < -0.3 is 10.6 Å². The summed E-state index contributed by atoms with van der Waals surface area (Å²) in [5.74, 6) is 1.37. The van der Waals surface area contributed by atoms with E-state index in [0.29, 0.717) is 10.8 Å². The molecule has 4 aromatic rings. The van der Waals surface area contributed by atoms with Crippen LogP contribution in [0.5, 0.6) is 0 Å². The van der Waals surface area contributed by atoms with Gasteiger partial charge in [0, 0.05) is 21.4 Å². The number of amides is 2. The Hall–Kier alpha value is -2.94. The lowest BCUT2D eigenvalue weighted by molar-refractivity contribution is 0.251. The fourth-order valence-corrected chi connectivity index (χ4v) is 4.80. The Bertz CT molecular complexity index is 1260. The van der Waals surface area contributed by atoms with Crippen LogP contribution in [-0.2, 0) is 12.3 Å². The van der Waals surface area contributed by atoms with Crippen molar-refractivity contribution in [1.29, 1.82) is 0 Å². The number of hydrogen-bond acceptors (Lipinski definition) is 5. The molecule has 174 valence electrons.